The molecule has 0 aliphatic rings. The van der Waals surface area contributed by atoms with Crippen molar-refractivity contribution in [1.29, 1.82) is 0 Å². The van der Waals surface area contributed by atoms with E-state index in [0.717, 1.165) is 16.9 Å². The summed E-state index contributed by atoms with van der Waals surface area (Å²) in [6.45, 7) is 5.07. The van der Waals surface area contributed by atoms with Crippen molar-refractivity contribution in [1.82, 2.24) is 9.97 Å². The smallest absolute Gasteiger partial charge is 0.339 e. The number of carbonyl (C=O) groups is 3. The van der Waals surface area contributed by atoms with Crippen molar-refractivity contribution in [2.24, 2.45) is 0 Å². The molecular formula is C21H19N3O4S. The highest BCUT2D eigenvalue weighted by molar-refractivity contribution is 7.18. The first-order chi connectivity index (χ1) is 13.9. The fourth-order valence-electron chi connectivity index (χ4n) is 2.68. The second-order valence-corrected chi connectivity index (χ2v) is 7.12. The van der Waals surface area contributed by atoms with Crippen LogP contribution in [0.25, 0.3) is 11.3 Å². The van der Waals surface area contributed by atoms with Crippen molar-refractivity contribution >= 4 is 34.1 Å². The summed E-state index contributed by atoms with van der Waals surface area (Å²) >= 11 is 1.11. The number of rotatable bonds is 6. The zero-order valence-corrected chi connectivity index (χ0v) is 17.0. The molecular weight excluding hydrogens is 390 g/mol. The van der Waals surface area contributed by atoms with Crippen molar-refractivity contribution in [3.05, 3.63) is 64.3 Å². The zero-order valence-electron chi connectivity index (χ0n) is 16.2. The molecule has 3 rings (SSSR count). The molecule has 0 saturated heterocycles. The number of aromatic nitrogens is 2. The molecule has 1 amide bonds. The van der Waals surface area contributed by atoms with Crippen molar-refractivity contribution in [2.75, 3.05) is 11.9 Å². The maximum atomic E-state index is 12.6. The van der Waals surface area contributed by atoms with Crippen LogP contribution in [0.5, 0.6) is 0 Å². The van der Waals surface area contributed by atoms with Gasteiger partial charge in [0.15, 0.2) is 10.9 Å². The Hall–Kier alpha value is -3.39. The third kappa shape index (κ3) is 4.55. The van der Waals surface area contributed by atoms with Gasteiger partial charge in [0.25, 0.3) is 5.91 Å². The van der Waals surface area contributed by atoms with E-state index in [1.807, 2.05) is 30.3 Å². The predicted molar refractivity (Wildman–Crippen MR) is 110 cm³/mol. The lowest BCUT2D eigenvalue weighted by Crippen LogP contribution is -2.16. The summed E-state index contributed by atoms with van der Waals surface area (Å²) in [6.07, 6.45) is 0. The molecule has 29 heavy (non-hydrogen) atoms. The number of Topliss-reactive ketones (excluding diaryl/α,β-unsaturated/α-hetero) is 1. The highest BCUT2D eigenvalue weighted by Crippen LogP contribution is 2.31. The normalized spacial score (nSPS) is 10.4. The van der Waals surface area contributed by atoms with Gasteiger partial charge in [-0.05, 0) is 26.0 Å². The van der Waals surface area contributed by atoms with Crippen LogP contribution in [0.1, 0.15) is 50.1 Å². The molecule has 0 unspecified atom stereocenters. The number of esters is 1. The Morgan fingerprint density at radius 1 is 1.07 bits per heavy atom. The number of aryl methyl sites for hydroxylation is 1. The van der Waals surface area contributed by atoms with E-state index in [1.54, 1.807) is 13.8 Å². The maximum Gasteiger partial charge on any atom is 0.339 e. The van der Waals surface area contributed by atoms with E-state index in [2.05, 4.69) is 15.3 Å². The van der Waals surface area contributed by atoms with E-state index in [9.17, 15) is 14.4 Å². The Morgan fingerprint density at radius 2 is 1.79 bits per heavy atom. The van der Waals surface area contributed by atoms with Gasteiger partial charge in [-0.15, -0.1) is 0 Å². The van der Waals surface area contributed by atoms with Gasteiger partial charge < -0.3 is 4.74 Å². The van der Waals surface area contributed by atoms with E-state index < -0.39 is 11.9 Å². The third-order valence-corrected chi connectivity index (χ3v) is 5.10. The highest BCUT2D eigenvalue weighted by Gasteiger charge is 2.20. The molecule has 2 aromatic heterocycles. The number of hydrogen-bond acceptors (Lipinski definition) is 7. The molecule has 8 heteroatoms. The summed E-state index contributed by atoms with van der Waals surface area (Å²) in [5.74, 6) is -1.09. The molecule has 0 spiro atoms. The molecule has 0 fully saturated rings. The van der Waals surface area contributed by atoms with Gasteiger partial charge in [-0.3, -0.25) is 14.9 Å². The van der Waals surface area contributed by atoms with Crippen molar-refractivity contribution in [3.63, 3.8) is 0 Å². The number of hydrogen-bond donors (Lipinski definition) is 1. The highest BCUT2D eigenvalue weighted by atomic mass is 32.1. The molecule has 0 saturated carbocycles. The van der Waals surface area contributed by atoms with Crippen LogP contribution in [-0.2, 0) is 4.74 Å². The van der Waals surface area contributed by atoms with Gasteiger partial charge in [0.1, 0.15) is 5.69 Å². The molecule has 3 aromatic rings. The molecule has 7 nitrogen and oxygen atoms in total. The van der Waals surface area contributed by atoms with Crippen LogP contribution in [0.2, 0.25) is 0 Å². The molecule has 0 aliphatic carbocycles. The first-order valence-electron chi connectivity index (χ1n) is 8.94. The van der Waals surface area contributed by atoms with Gasteiger partial charge in [0, 0.05) is 12.5 Å². The third-order valence-electron chi connectivity index (χ3n) is 4.03. The molecule has 1 aromatic carbocycles. The lowest BCUT2D eigenvalue weighted by molar-refractivity contribution is 0.0524. The fourth-order valence-corrected chi connectivity index (χ4v) is 3.56. The van der Waals surface area contributed by atoms with Gasteiger partial charge in [-0.1, -0.05) is 41.7 Å². The number of ether oxygens (including phenoxy) is 1. The number of amides is 1. The molecule has 0 aliphatic heterocycles. The first-order valence-corrected chi connectivity index (χ1v) is 9.75. The van der Waals surface area contributed by atoms with Crippen LogP contribution in [0.4, 0.5) is 5.13 Å². The summed E-state index contributed by atoms with van der Waals surface area (Å²) in [5, 5.41) is 2.98. The summed E-state index contributed by atoms with van der Waals surface area (Å²) < 4.78 is 4.97. The average molecular weight is 409 g/mol. The van der Waals surface area contributed by atoms with Crippen molar-refractivity contribution < 1.29 is 19.1 Å². The van der Waals surface area contributed by atoms with E-state index in [4.69, 9.17) is 4.74 Å². The van der Waals surface area contributed by atoms with Crippen LogP contribution in [-0.4, -0.2) is 34.2 Å². The van der Waals surface area contributed by atoms with Gasteiger partial charge in [0.2, 0.25) is 0 Å². The molecule has 148 valence electrons. The Balaban J connectivity index is 1.85. The zero-order chi connectivity index (χ0) is 21.0. The molecule has 0 radical (unpaired) electrons. The summed E-state index contributed by atoms with van der Waals surface area (Å²) in [6, 6.07) is 12.3. The second kappa shape index (κ2) is 8.74. The molecule has 2 heterocycles. The van der Waals surface area contributed by atoms with Crippen LogP contribution < -0.4 is 5.32 Å². The first kappa shape index (κ1) is 20.3. The van der Waals surface area contributed by atoms with Crippen LogP contribution in [0.15, 0.2) is 42.5 Å². The van der Waals surface area contributed by atoms with Gasteiger partial charge in [-0.2, -0.15) is 0 Å². The predicted octanol–water partition coefficient (Wildman–Crippen LogP) is 4.15. The second-order valence-electron chi connectivity index (χ2n) is 6.12. The van der Waals surface area contributed by atoms with Gasteiger partial charge >= 0.3 is 5.97 Å². The number of ketones is 1. The lowest BCUT2D eigenvalue weighted by Gasteiger charge is -2.07. The number of anilines is 1. The minimum absolute atomic E-state index is 0.130. The topological polar surface area (TPSA) is 98.3 Å². The van der Waals surface area contributed by atoms with Crippen molar-refractivity contribution in [2.45, 2.75) is 20.8 Å². The van der Waals surface area contributed by atoms with E-state index in [-0.39, 0.29) is 18.1 Å². The largest absolute Gasteiger partial charge is 0.462 e. The Kier molecular flexibility index (Phi) is 6.13. The summed E-state index contributed by atoms with van der Waals surface area (Å²) in [5.41, 5.74) is 2.16. The van der Waals surface area contributed by atoms with E-state index in [0.29, 0.717) is 27.0 Å². The number of thiazole rings is 1. The van der Waals surface area contributed by atoms with Crippen molar-refractivity contribution in [3.8, 4) is 11.3 Å². The average Bonchev–Trinajstić information content (AvgIpc) is 3.13. The Morgan fingerprint density at radius 3 is 2.41 bits per heavy atom. The molecule has 0 bridgehead atoms. The number of carbonyl (C=O) groups excluding carboxylic acids is 3. The maximum absolute atomic E-state index is 12.6. The van der Waals surface area contributed by atoms with E-state index >= 15 is 0 Å². The van der Waals surface area contributed by atoms with E-state index in [1.165, 1.54) is 19.1 Å². The van der Waals surface area contributed by atoms with Crippen LogP contribution >= 0.6 is 11.3 Å². The number of nitrogens with one attached hydrogen (secondary N) is 1. The number of pyridine rings is 1. The summed E-state index contributed by atoms with van der Waals surface area (Å²) in [7, 11) is 0. The monoisotopic (exact) mass is 409 g/mol. The standard InChI is InChI=1S/C21H19N3O4S/c1-4-28-20(27)15-10-11-16(22-12(15)2)19(26)24-21-23-17(18(29-21)13(3)25)14-8-6-5-7-9-14/h5-11H,4H2,1-3H3,(H,23,24,26). The number of benzene rings is 1. The minimum atomic E-state index is -0.483. The molecule has 1 N–H and O–H groups in total. The minimum Gasteiger partial charge on any atom is -0.462 e. The lowest BCUT2D eigenvalue weighted by atomic mass is 10.1. The van der Waals surface area contributed by atoms with Gasteiger partial charge in [0.05, 0.1) is 28.4 Å². The Labute approximate surface area is 171 Å². The summed E-state index contributed by atoms with van der Waals surface area (Å²) in [4.78, 5) is 45.6. The SMILES string of the molecule is CCOC(=O)c1ccc(C(=O)Nc2nc(-c3ccccc3)c(C(C)=O)s2)nc1C. The molecule has 0 atom stereocenters. The number of nitrogens with zero attached hydrogens (tertiary/aromatic N) is 2. The van der Waals surface area contributed by atoms with Crippen LogP contribution in [0.3, 0.4) is 0 Å². The quantitative estimate of drug-likeness (QED) is 0.485. The van der Waals surface area contributed by atoms with Crippen LogP contribution in [0, 0.1) is 6.92 Å². The fraction of sp³-hybridized carbons (Fsp3) is 0.190. The van der Waals surface area contributed by atoms with Gasteiger partial charge in [-0.25, -0.2) is 14.8 Å². The Bertz CT molecular complexity index is 1080.